The average molecular weight is 421 g/mol. The summed E-state index contributed by atoms with van der Waals surface area (Å²) in [5, 5.41) is 11.1. The van der Waals surface area contributed by atoms with Crippen molar-refractivity contribution in [3.8, 4) is 0 Å². The van der Waals surface area contributed by atoms with Crippen molar-refractivity contribution in [3.63, 3.8) is 0 Å². The van der Waals surface area contributed by atoms with Crippen LogP contribution in [-0.4, -0.2) is 60.2 Å². The van der Waals surface area contributed by atoms with Gasteiger partial charge >= 0.3 is 5.97 Å². The van der Waals surface area contributed by atoms with Crippen molar-refractivity contribution in [1.29, 1.82) is 0 Å². The van der Waals surface area contributed by atoms with Crippen molar-refractivity contribution in [2.45, 2.75) is 19.1 Å². The summed E-state index contributed by atoms with van der Waals surface area (Å²) in [5.41, 5.74) is 1.55. The lowest BCUT2D eigenvalue weighted by Crippen LogP contribution is -2.50. The topological polar surface area (TPSA) is 53.0 Å². The molecule has 5 nitrogen and oxygen atoms in total. The number of hydrogen-bond acceptors (Lipinski definition) is 5. The van der Waals surface area contributed by atoms with Gasteiger partial charge in [0.1, 0.15) is 11.9 Å². The zero-order chi connectivity index (χ0) is 20.8. The number of β-amino-alcohol motifs (C(OH)–C–C–N with tert-alkyl or cyclic N) is 1. The highest BCUT2D eigenvalue weighted by Gasteiger charge is 2.32. The van der Waals surface area contributed by atoms with Crippen LogP contribution >= 0.6 is 11.6 Å². The molecule has 29 heavy (non-hydrogen) atoms. The Labute approximate surface area is 175 Å². The Kier molecular flexibility index (Phi) is 7.61. The smallest absolute Gasteiger partial charge is 0.328 e. The van der Waals surface area contributed by atoms with Crippen LogP contribution < -0.4 is 0 Å². The number of halogens is 2. The van der Waals surface area contributed by atoms with Gasteiger partial charge in [-0.2, -0.15) is 0 Å². The Morgan fingerprint density at radius 1 is 1.07 bits per heavy atom. The van der Waals surface area contributed by atoms with Crippen molar-refractivity contribution in [3.05, 3.63) is 70.5 Å². The zero-order valence-electron chi connectivity index (χ0n) is 16.4. The van der Waals surface area contributed by atoms with Crippen LogP contribution in [0.1, 0.15) is 30.2 Å². The predicted octanol–water partition coefficient (Wildman–Crippen LogP) is 3.43. The third kappa shape index (κ3) is 5.76. The Hall–Kier alpha value is -1.99. The minimum atomic E-state index is -0.681. The van der Waals surface area contributed by atoms with Crippen LogP contribution in [0.25, 0.3) is 0 Å². The molecule has 1 aliphatic heterocycles. The first-order chi connectivity index (χ1) is 14.0. The molecule has 0 radical (unpaired) electrons. The number of benzene rings is 2. The number of hydrogen-bond donors (Lipinski definition) is 1. The largest absolute Gasteiger partial charge is 0.465 e. The van der Waals surface area contributed by atoms with Crippen LogP contribution in [0.5, 0.6) is 0 Å². The maximum absolute atomic E-state index is 13.1. The van der Waals surface area contributed by atoms with E-state index < -0.39 is 12.1 Å². The van der Waals surface area contributed by atoms with Crippen molar-refractivity contribution in [2.75, 3.05) is 39.3 Å². The van der Waals surface area contributed by atoms with E-state index in [1.165, 1.54) is 12.1 Å². The van der Waals surface area contributed by atoms with Gasteiger partial charge in [0.05, 0.1) is 12.7 Å². The normalized spacial score (nSPS) is 17.7. The number of nitrogens with zero attached hydrogens (tertiary/aromatic N) is 2. The Morgan fingerprint density at radius 3 is 2.24 bits per heavy atom. The second kappa shape index (κ2) is 10.2. The van der Waals surface area contributed by atoms with E-state index in [0.717, 1.165) is 5.56 Å². The van der Waals surface area contributed by atoms with Gasteiger partial charge in [-0.05, 0) is 42.3 Å². The second-order valence-corrected chi connectivity index (χ2v) is 7.55. The third-order valence-corrected chi connectivity index (χ3v) is 5.41. The molecule has 2 aromatic rings. The Bertz CT molecular complexity index is 793. The first-order valence-corrected chi connectivity index (χ1v) is 10.2. The first-order valence-electron chi connectivity index (χ1n) is 9.80. The van der Waals surface area contributed by atoms with Crippen LogP contribution in [0.15, 0.2) is 48.5 Å². The fourth-order valence-electron chi connectivity index (χ4n) is 3.60. The van der Waals surface area contributed by atoms with Gasteiger partial charge in [-0.3, -0.25) is 9.80 Å². The number of aliphatic hydroxyl groups excluding tert-OH is 1. The van der Waals surface area contributed by atoms with Gasteiger partial charge in [-0.25, -0.2) is 9.18 Å². The minimum Gasteiger partial charge on any atom is -0.465 e. The lowest BCUT2D eigenvalue weighted by molar-refractivity contribution is -0.150. The van der Waals surface area contributed by atoms with Gasteiger partial charge in [0.15, 0.2) is 0 Å². The maximum Gasteiger partial charge on any atom is 0.328 e. The molecule has 0 saturated carbocycles. The quantitative estimate of drug-likeness (QED) is 0.695. The summed E-state index contributed by atoms with van der Waals surface area (Å²) in [5.74, 6) is -0.587. The van der Waals surface area contributed by atoms with E-state index in [1.807, 2.05) is 12.1 Å². The molecular weight excluding hydrogens is 395 g/mol. The highest BCUT2D eigenvalue weighted by atomic mass is 35.5. The predicted molar refractivity (Wildman–Crippen MR) is 110 cm³/mol. The third-order valence-electron chi connectivity index (χ3n) is 5.15. The maximum atomic E-state index is 13.1. The molecule has 0 unspecified atom stereocenters. The molecule has 3 rings (SSSR count). The molecule has 1 aliphatic rings. The summed E-state index contributed by atoms with van der Waals surface area (Å²) in [7, 11) is 0. The highest BCUT2D eigenvalue weighted by Crippen LogP contribution is 2.26. The molecule has 0 aromatic heterocycles. The van der Waals surface area contributed by atoms with Crippen LogP contribution in [0.2, 0.25) is 5.02 Å². The number of aliphatic hydroxyl groups is 1. The summed E-state index contributed by atoms with van der Waals surface area (Å²) in [6.45, 7) is 5.34. The monoisotopic (exact) mass is 420 g/mol. The average Bonchev–Trinajstić information content (AvgIpc) is 2.71. The van der Waals surface area contributed by atoms with E-state index in [0.29, 0.717) is 49.9 Å². The van der Waals surface area contributed by atoms with E-state index in [2.05, 4.69) is 9.80 Å². The van der Waals surface area contributed by atoms with Crippen molar-refractivity contribution in [2.24, 2.45) is 0 Å². The van der Waals surface area contributed by atoms with Gasteiger partial charge < -0.3 is 9.84 Å². The molecule has 2 atom stereocenters. The summed E-state index contributed by atoms with van der Waals surface area (Å²) in [4.78, 5) is 16.9. The van der Waals surface area contributed by atoms with E-state index in [1.54, 1.807) is 31.2 Å². The Morgan fingerprint density at radius 2 is 1.66 bits per heavy atom. The second-order valence-electron chi connectivity index (χ2n) is 7.11. The van der Waals surface area contributed by atoms with Gasteiger partial charge in [0.25, 0.3) is 0 Å². The highest BCUT2D eigenvalue weighted by molar-refractivity contribution is 6.30. The Balaban J connectivity index is 1.62. The number of carbonyl (C=O) groups excluding carboxylic acids is 1. The molecule has 1 saturated heterocycles. The first kappa shape index (κ1) is 21.7. The van der Waals surface area contributed by atoms with Gasteiger partial charge in [-0.15, -0.1) is 0 Å². The standard InChI is InChI=1S/C22H26ClFN2O3/c1-2-29-22(28)21(17-3-7-18(23)8-4-17)26-13-11-25(12-14-26)15-20(27)16-5-9-19(24)10-6-16/h3-10,20-21,27H,2,11-15H2,1H3/t20-,21-/m0/s1. The summed E-state index contributed by atoms with van der Waals surface area (Å²) in [6, 6.07) is 12.7. The molecule has 0 bridgehead atoms. The summed E-state index contributed by atoms with van der Waals surface area (Å²) < 4.78 is 18.4. The molecular formula is C22H26ClFN2O3. The fourth-order valence-corrected chi connectivity index (χ4v) is 3.73. The molecule has 2 aromatic carbocycles. The number of piperazine rings is 1. The van der Waals surface area contributed by atoms with E-state index >= 15 is 0 Å². The molecule has 0 amide bonds. The molecule has 156 valence electrons. The van der Waals surface area contributed by atoms with E-state index in [4.69, 9.17) is 16.3 Å². The lowest BCUT2D eigenvalue weighted by atomic mass is 10.0. The van der Waals surface area contributed by atoms with Gasteiger partial charge in [-0.1, -0.05) is 35.9 Å². The molecule has 1 heterocycles. The van der Waals surface area contributed by atoms with Gasteiger partial charge in [0.2, 0.25) is 0 Å². The zero-order valence-corrected chi connectivity index (χ0v) is 17.2. The van der Waals surface area contributed by atoms with E-state index in [-0.39, 0.29) is 11.8 Å². The van der Waals surface area contributed by atoms with Crippen molar-refractivity contribution in [1.82, 2.24) is 9.80 Å². The number of rotatable bonds is 7. The minimum absolute atomic E-state index is 0.269. The van der Waals surface area contributed by atoms with Crippen molar-refractivity contribution >= 4 is 17.6 Å². The fraction of sp³-hybridized carbons (Fsp3) is 0.409. The summed E-state index contributed by atoms with van der Waals surface area (Å²) >= 11 is 5.99. The molecule has 1 N–H and O–H groups in total. The molecule has 1 fully saturated rings. The number of esters is 1. The summed E-state index contributed by atoms with van der Waals surface area (Å²) in [6.07, 6.45) is -0.681. The lowest BCUT2D eigenvalue weighted by Gasteiger charge is -2.39. The SMILES string of the molecule is CCOC(=O)[C@H](c1ccc(Cl)cc1)N1CCN(C[C@H](O)c2ccc(F)cc2)CC1. The van der Waals surface area contributed by atoms with Gasteiger partial charge in [0, 0.05) is 37.7 Å². The molecule has 0 aliphatic carbocycles. The van der Waals surface area contributed by atoms with Crippen LogP contribution in [0, 0.1) is 5.82 Å². The number of ether oxygens (including phenoxy) is 1. The van der Waals surface area contributed by atoms with Crippen LogP contribution in [0.4, 0.5) is 4.39 Å². The van der Waals surface area contributed by atoms with Crippen molar-refractivity contribution < 1.29 is 19.0 Å². The van der Waals surface area contributed by atoms with Crippen LogP contribution in [-0.2, 0) is 9.53 Å². The van der Waals surface area contributed by atoms with Crippen LogP contribution in [0.3, 0.4) is 0 Å². The number of carbonyl (C=O) groups is 1. The molecule has 0 spiro atoms. The van der Waals surface area contributed by atoms with E-state index in [9.17, 15) is 14.3 Å². The molecule has 7 heteroatoms.